The summed E-state index contributed by atoms with van der Waals surface area (Å²) in [7, 11) is 0. The first kappa shape index (κ1) is 7.63. The van der Waals surface area contributed by atoms with Crippen LogP contribution < -0.4 is 5.73 Å². The number of aliphatic imine (C=N–C) groups is 1. The van der Waals surface area contributed by atoms with Gasteiger partial charge in [-0.3, -0.25) is 5.21 Å². The largest absolute Gasteiger partial charge is 0.383 e. The minimum absolute atomic E-state index is 0.181. The first-order valence-corrected chi connectivity index (χ1v) is 3.14. The van der Waals surface area contributed by atoms with Gasteiger partial charge in [0, 0.05) is 6.20 Å². The van der Waals surface area contributed by atoms with Gasteiger partial charge < -0.3 is 5.73 Å². The summed E-state index contributed by atoms with van der Waals surface area (Å²) in [6.45, 7) is 1.88. The smallest absolute Gasteiger partial charge is 0.137 e. The number of rotatable bonds is 0. The first-order chi connectivity index (χ1) is 5.24. The molecule has 0 bridgehead atoms. The van der Waals surface area contributed by atoms with Crippen molar-refractivity contribution in [2.75, 3.05) is 6.67 Å². The second kappa shape index (κ2) is 3.08. The number of nitrogens with zero attached hydrogens (tertiary/aromatic N) is 2. The molecule has 0 radical (unpaired) electrons. The van der Waals surface area contributed by atoms with Crippen LogP contribution in [0.4, 0.5) is 0 Å². The van der Waals surface area contributed by atoms with Gasteiger partial charge in [0.15, 0.2) is 0 Å². The highest BCUT2D eigenvalue weighted by molar-refractivity contribution is 6.01. The van der Waals surface area contributed by atoms with Gasteiger partial charge in [0.25, 0.3) is 0 Å². The van der Waals surface area contributed by atoms with Crippen molar-refractivity contribution >= 4 is 5.84 Å². The topological polar surface area (TPSA) is 61.8 Å². The standard InChI is InChI=1S/C7H9N3O/c1-2-3-6-4-10(11)5-9-7(6)8/h4,11H,5H2,1H3,(H2,8,9). The van der Waals surface area contributed by atoms with Gasteiger partial charge in [-0.15, -0.1) is 5.92 Å². The number of hydroxylamine groups is 2. The van der Waals surface area contributed by atoms with Crippen LogP contribution in [0.25, 0.3) is 0 Å². The van der Waals surface area contributed by atoms with E-state index >= 15 is 0 Å². The van der Waals surface area contributed by atoms with E-state index in [1.807, 2.05) is 0 Å². The molecule has 0 saturated heterocycles. The molecule has 3 N–H and O–H groups in total. The van der Waals surface area contributed by atoms with Crippen molar-refractivity contribution in [3.63, 3.8) is 0 Å². The van der Waals surface area contributed by atoms with Gasteiger partial charge in [-0.25, -0.2) is 10.1 Å². The second-order valence-electron chi connectivity index (χ2n) is 2.04. The quantitative estimate of drug-likeness (QED) is 0.476. The summed E-state index contributed by atoms with van der Waals surface area (Å²) in [5.74, 6) is 5.77. The Balaban J connectivity index is 2.87. The lowest BCUT2D eigenvalue weighted by atomic mass is 10.2. The molecule has 4 nitrogen and oxygen atoms in total. The zero-order chi connectivity index (χ0) is 8.27. The Kier molecular flexibility index (Phi) is 2.14. The third-order valence-corrected chi connectivity index (χ3v) is 1.20. The molecule has 0 amide bonds. The molecular weight excluding hydrogens is 142 g/mol. The highest BCUT2D eigenvalue weighted by Crippen LogP contribution is 2.01. The fourth-order valence-electron chi connectivity index (χ4n) is 0.721. The maximum atomic E-state index is 8.95. The van der Waals surface area contributed by atoms with E-state index in [1.165, 1.54) is 6.20 Å². The van der Waals surface area contributed by atoms with E-state index in [0.29, 0.717) is 11.4 Å². The van der Waals surface area contributed by atoms with Crippen molar-refractivity contribution in [2.45, 2.75) is 6.92 Å². The molecule has 0 unspecified atom stereocenters. The molecule has 0 atom stereocenters. The summed E-state index contributed by atoms with van der Waals surface area (Å²) >= 11 is 0. The van der Waals surface area contributed by atoms with Crippen LogP contribution in [0.3, 0.4) is 0 Å². The van der Waals surface area contributed by atoms with E-state index in [-0.39, 0.29) is 6.67 Å². The van der Waals surface area contributed by atoms with E-state index in [1.54, 1.807) is 6.92 Å². The Morgan fingerprint density at radius 2 is 2.55 bits per heavy atom. The van der Waals surface area contributed by atoms with E-state index in [0.717, 1.165) is 5.06 Å². The van der Waals surface area contributed by atoms with Crippen LogP contribution >= 0.6 is 0 Å². The highest BCUT2D eigenvalue weighted by atomic mass is 16.5. The summed E-state index contributed by atoms with van der Waals surface area (Å²) < 4.78 is 0. The molecule has 1 aliphatic heterocycles. The average Bonchev–Trinajstić information content (AvgIpc) is 1.98. The zero-order valence-electron chi connectivity index (χ0n) is 6.20. The fraction of sp³-hybridized carbons (Fsp3) is 0.286. The maximum absolute atomic E-state index is 8.95. The molecule has 58 valence electrons. The van der Waals surface area contributed by atoms with Crippen molar-refractivity contribution in [2.24, 2.45) is 10.7 Å². The molecular formula is C7H9N3O. The van der Waals surface area contributed by atoms with Crippen molar-refractivity contribution in [3.8, 4) is 11.8 Å². The lowest BCUT2D eigenvalue weighted by Gasteiger charge is -2.14. The number of hydrogen-bond donors (Lipinski definition) is 2. The summed E-state index contributed by atoms with van der Waals surface area (Å²) in [6.07, 6.45) is 1.46. The predicted octanol–water partition coefficient (Wildman–Crippen LogP) is -0.0869. The minimum Gasteiger partial charge on any atom is -0.383 e. The first-order valence-electron chi connectivity index (χ1n) is 3.14. The Morgan fingerprint density at radius 1 is 1.82 bits per heavy atom. The van der Waals surface area contributed by atoms with Crippen LogP contribution in [0.5, 0.6) is 0 Å². The van der Waals surface area contributed by atoms with Crippen molar-refractivity contribution in [3.05, 3.63) is 11.8 Å². The van der Waals surface area contributed by atoms with Gasteiger partial charge in [-0.2, -0.15) is 0 Å². The Labute approximate surface area is 65.0 Å². The van der Waals surface area contributed by atoms with Gasteiger partial charge in [-0.05, 0) is 6.92 Å². The van der Waals surface area contributed by atoms with E-state index in [2.05, 4.69) is 16.8 Å². The van der Waals surface area contributed by atoms with Crippen LogP contribution in [0, 0.1) is 11.8 Å². The average molecular weight is 151 g/mol. The van der Waals surface area contributed by atoms with Crippen molar-refractivity contribution < 1.29 is 5.21 Å². The molecule has 1 rings (SSSR count). The Bertz CT molecular complexity index is 269. The molecule has 1 aliphatic rings. The third-order valence-electron chi connectivity index (χ3n) is 1.20. The zero-order valence-corrected chi connectivity index (χ0v) is 6.20. The van der Waals surface area contributed by atoms with Crippen LogP contribution in [0.2, 0.25) is 0 Å². The van der Waals surface area contributed by atoms with Gasteiger partial charge in [-0.1, -0.05) is 5.92 Å². The van der Waals surface area contributed by atoms with Gasteiger partial charge in [0.2, 0.25) is 0 Å². The number of hydrogen-bond acceptors (Lipinski definition) is 4. The fourth-order valence-corrected chi connectivity index (χ4v) is 0.721. The molecule has 1 heterocycles. The lowest BCUT2D eigenvalue weighted by Crippen LogP contribution is -2.26. The summed E-state index contributed by atoms with van der Waals surface area (Å²) in [5.41, 5.74) is 6.03. The Morgan fingerprint density at radius 3 is 3.18 bits per heavy atom. The highest BCUT2D eigenvalue weighted by Gasteiger charge is 2.07. The minimum atomic E-state index is 0.181. The van der Waals surface area contributed by atoms with Crippen LogP contribution in [0.1, 0.15) is 6.92 Å². The molecule has 0 aliphatic carbocycles. The lowest BCUT2D eigenvalue weighted by molar-refractivity contribution is -0.0392. The number of amidine groups is 1. The van der Waals surface area contributed by atoms with Crippen LogP contribution in [0.15, 0.2) is 16.8 Å². The van der Waals surface area contributed by atoms with Gasteiger partial charge in [0.1, 0.15) is 12.5 Å². The monoisotopic (exact) mass is 151 g/mol. The molecule has 0 aromatic rings. The van der Waals surface area contributed by atoms with Crippen molar-refractivity contribution in [1.82, 2.24) is 5.06 Å². The van der Waals surface area contributed by atoms with Crippen LogP contribution in [-0.4, -0.2) is 22.8 Å². The summed E-state index contributed by atoms with van der Waals surface area (Å²) in [5, 5.41) is 9.89. The molecule has 0 aromatic carbocycles. The summed E-state index contributed by atoms with van der Waals surface area (Å²) in [4.78, 5) is 3.81. The summed E-state index contributed by atoms with van der Waals surface area (Å²) in [6, 6.07) is 0. The van der Waals surface area contributed by atoms with Crippen LogP contribution in [-0.2, 0) is 0 Å². The Hall–Kier alpha value is -1.47. The molecule has 4 heteroatoms. The third kappa shape index (κ3) is 1.72. The van der Waals surface area contributed by atoms with Gasteiger partial charge in [0.05, 0.1) is 5.57 Å². The normalized spacial score (nSPS) is 16.4. The molecule has 0 saturated carbocycles. The molecule has 11 heavy (non-hydrogen) atoms. The van der Waals surface area contributed by atoms with Gasteiger partial charge >= 0.3 is 0 Å². The SMILES string of the molecule is CC#CC1=CN(O)CN=C1N. The molecule has 0 aromatic heterocycles. The second-order valence-corrected chi connectivity index (χ2v) is 2.04. The van der Waals surface area contributed by atoms with Crippen molar-refractivity contribution in [1.29, 1.82) is 0 Å². The van der Waals surface area contributed by atoms with E-state index < -0.39 is 0 Å². The number of nitrogens with two attached hydrogens (primary N) is 1. The van der Waals surface area contributed by atoms with E-state index in [9.17, 15) is 0 Å². The molecule has 0 fully saturated rings. The maximum Gasteiger partial charge on any atom is 0.137 e. The molecule has 0 spiro atoms. The predicted molar refractivity (Wildman–Crippen MR) is 41.6 cm³/mol. The van der Waals surface area contributed by atoms with E-state index in [4.69, 9.17) is 10.9 Å².